The molecule has 2 aromatic carbocycles. The number of nitrogen functional groups attached to an aromatic ring is 2. The smallest absolute Gasteiger partial charge is 0.222 e. The van der Waals surface area contributed by atoms with E-state index in [0.29, 0.717) is 28.2 Å². The maximum absolute atomic E-state index is 13.9. The number of ether oxygens (including phenoxy) is 2. The van der Waals surface area contributed by atoms with E-state index in [-0.39, 0.29) is 52.7 Å². The van der Waals surface area contributed by atoms with Gasteiger partial charge in [0.05, 0.1) is 29.6 Å². The third-order valence-electron chi connectivity index (χ3n) is 8.36. The molecule has 0 radical (unpaired) electrons. The summed E-state index contributed by atoms with van der Waals surface area (Å²) in [5.41, 5.74) is 12.5. The monoisotopic (exact) mass is 714 g/mol. The normalized spacial score (nSPS) is 20.4. The van der Waals surface area contributed by atoms with Gasteiger partial charge in [0, 0.05) is 17.1 Å². The highest BCUT2D eigenvalue weighted by Crippen LogP contribution is 2.35. The fourth-order valence-electron chi connectivity index (χ4n) is 5.59. The first-order valence-corrected chi connectivity index (χ1v) is 17.0. The first-order chi connectivity index (χ1) is 23.6. The van der Waals surface area contributed by atoms with Crippen LogP contribution < -0.4 is 31.6 Å². The summed E-state index contributed by atoms with van der Waals surface area (Å²) in [6.07, 6.45) is 9.75. The molecule has 0 atom stereocenters. The molecule has 2 saturated carbocycles. The minimum Gasteiger partial charge on any atom is -0.450 e. The zero-order chi connectivity index (χ0) is 34.9. The number of nitrogens with zero attached hydrogens (tertiary/aromatic N) is 4. The standard InChI is InChI=1S/C18H23ClN4O2.C16H18ClFN4O2/c1-2-11-3-8-15(14(19)9-11)25-16-10-21-18(20)23-17(16)22-12-4-6-13(24)7-5-12;17-9-1-6-13(12(18)7-9)24-14-8-20-16(19)22-15(14)21-10-2-4-11(23)5-3-10/h3,8-10,12-13,24H,2,4-7H2,1H3,(H3,20,21,22,23);1,6-8,10-11,23H,2-5H2,(H3,19,20,21,22). The molecule has 6 rings (SSSR count). The predicted octanol–water partition coefficient (Wildman–Crippen LogP) is 7.14. The van der Waals surface area contributed by atoms with Gasteiger partial charge in [0.1, 0.15) is 5.75 Å². The number of hydrogen-bond donors (Lipinski definition) is 6. The highest BCUT2D eigenvalue weighted by Gasteiger charge is 2.23. The summed E-state index contributed by atoms with van der Waals surface area (Å²) in [7, 11) is 0. The second-order valence-corrected chi connectivity index (χ2v) is 12.9. The van der Waals surface area contributed by atoms with Crippen molar-refractivity contribution in [2.24, 2.45) is 0 Å². The quantitative estimate of drug-likeness (QED) is 0.103. The lowest BCUT2D eigenvalue weighted by molar-refractivity contribution is 0.125. The van der Waals surface area contributed by atoms with Crippen LogP contribution in [-0.2, 0) is 6.42 Å². The molecule has 2 heterocycles. The Labute approximate surface area is 294 Å². The average Bonchev–Trinajstić information content (AvgIpc) is 3.08. The van der Waals surface area contributed by atoms with Gasteiger partial charge in [0.2, 0.25) is 11.9 Å². The number of benzene rings is 2. The second kappa shape index (κ2) is 17.0. The van der Waals surface area contributed by atoms with Gasteiger partial charge in [-0.05, 0) is 93.7 Å². The van der Waals surface area contributed by atoms with Crippen molar-refractivity contribution in [2.75, 3.05) is 22.1 Å². The van der Waals surface area contributed by atoms with Gasteiger partial charge in [0.25, 0.3) is 0 Å². The van der Waals surface area contributed by atoms with Crippen molar-refractivity contribution in [3.63, 3.8) is 0 Å². The minimum atomic E-state index is -0.578. The van der Waals surface area contributed by atoms with E-state index < -0.39 is 5.82 Å². The molecule has 8 N–H and O–H groups in total. The van der Waals surface area contributed by atoms with Crippen LogP contribution in [0, 0.1) is 5.82 Å². The van der Waals surface area contributed by atoms with Gasteiger partial charge in [-0.25, -0.2) is 14.4 Å². The van der Waals surface area contributed by atoms with Crippen molar-refractivity contribution in [2.45, 2.75) is 89.0 Å². The molecule has 15 heteroatoms. The van der Waals surface area contributed by atoms with Crippen LogP contribution in [0.25, 0.3) is 0 Å². The first kappa shape index (κ1) is 36.1. The number of aryl methyl sites for hydroxylation is 1. The number of aromatic nitrogens is 4. The first-order valence-electron chi connectivity index (χ1n) is 16.3. The number of nitrogens with one attached hydrogen (secondary N) is 2. The molecule has 0 saturated heterocycles. The van der Waals surface area contributed by atoms with Gasteiger partial charge in [-0.15, -0.1) is 0 Å². The predicted molar refractivity (Wildman–Crippen MR) is 189 cm³/mol. The van der Waals surface area contributed by atoms with Crippen molar-refractivity contribution < 1.29 is 24.1 Å². The molecule has 12 nitrogen and oxygen atoms in total. The Morgan fingerprint density at radius 3 is 1.69 bits per heavy atom. The summed E-state index contributed by atoms with van der Waals surface area (Å²) in [4.78, 5) is 16.3. The molecule has 0 amide bonds. The maximum Gasteiger partial charge on any atom is 0.222 e. The number of nitrogens with two attached hydrogens (primary N) is 2. The Morgan fingerprint density at radius 2 is 1.22 bits per heavy atom. The van der Waals surface area contributed by atoms with E-state index in [1.165, 1.54) is 24.4 Å². The fraction of sp³-hybridized carbons (Fsp3) is 0.412. The minimum absolute atomic E-state index is 0.0230. The molecule has 2 aliphatic carbocycles. The van der Waals surface area contributed by atoms with Gasteiger partial charge in [-0.1, -0.05) is 36.2 Å². The van der Waals surface area contributed by atoms with E-state index in [0.717, 1.165) is 63.4 Å². The fourth-order valence-corrected chi connectivity index (χ4v) is 5.99. The van der Waals surface area contributed by atoms with Gasteiger partial charge in [-0.2, -0.15) is 9.97 Å². The highest BCUT2D eigenvalue weighted by atomic mass is 35.5. The second-order valence-electron chi connectivity index (χ2n) is 12.1. The van der Waals surface area contributed by atoms with Crippen LogP contribution in [0.2, 0.25) is 10.0 Å². The Morgan fingerprint density at radius 1 is 0.735 bits per heavy atom. The number of aliphatic hydroxyl groups is 2. The molecular weight excluding hydrogens is 674 g/mol. The molecule has 2 aromatic heterocycles. The van der Waals surface area contributed by atoms with Crippen LogP contribution in [0.1, 0.15) is 63.9 Å². The summed E-state index contributed by atoms with van der Waals surface area (Å²) < 4.78 is 25.4. The van der Waals surface area contributed by atoms with E-state index >= 15 is 0 Å². The molecule has 49 heavy (non-hydrogen) atoms. The molecule has 262 valence electrons. The lowest BCUT2D eigenvalue weighted by Gasteiger charge is -2.27. The SMILES string of the molecule is CCc1ccc(Oc2cnc(N)nc2NC2CCC(O)CC2)c(Cl)c1.Nc1ncc(Oc2ccc(Cl)cc2F)c(NC2CCC(O)CC2)n1. The molecule has 0 bridgehead atoms. The Hall–Kier alpha value is -4.17. The Kier molecular flexibility index (Phi) is 12.5. The molecular formula is C34H41Cl2FN8O4. The molecule has 0 unspecified atom stereocenters. The number of halogens is 3. The molecule has 0 spiro atoms. The lowest BCUT2D eigenvalue weighted by Crippen LogP contribution is -2.28. The van der Waals surface area contributed by atoms with Crippen molar-refractivity contribution in [3.8, 4) is 23.0 Å². The summed E-state index contributed by atoms with van der Waals surface area (Å²) in [6, 6.07) is 10.2. The van der Waals surface area contributed by atoms with Gasteiger partial charge in [-0.3, -0.25) is 0 Å². The van der Waals surface area contributed by atoms with Crippen molar-refractivity contribution in [1.82, 2.24) is 19.9 Å². The number of anilines is 4. The number of aliphatic hydroxyl groups excluding tert-OH is 2. The van der Waals surface area contributed by atoms with E-state index in [9.17, 15) is 14.6 Å². The third kappa shape index (κ3) is 10.4. The van der Waals surface area contributed by atoms with E-state index in [4.69, 9.17) is 44.1 Å². The van der Waals surface area contributed by atoms with Gasteiger partial charge < -0.3 is 41.8 Å². The third-order valence-corrected chi connectivity index (χ3v) is 8.89. The van der Waals surface area contributed by atoms with Crippen LogP contribution >= 0.6 is 23.2 Å². The maximum atomic E-state index is 13.9. The zero-order valence-electron chi connectivity index (χ0n) is 27.1. The van der Waals surface area contributed by atoms with E-state index in [2.05, 4.69) is 37.5 Å². The van der Waals surface area contributed by atoms with Crippen molar-refractivity contribution in [1.29, 1.82) is 0 Å². The molecule has 0 aliphatic heterocycles. The average molecular weight is 716 g/mol. The summed E-state index contributed by atoms with van der Waals surface area (Å²) >= 11 is 12.1. The summed E-state index contributed by atoms with van der Waals surface area (Å²) in [5.74, 6) is 1.97. The largest absolute Gasteiger partial charge is 0.450 e. The van der Waals surface area contributed by atoms with E-state index in [1.807, 2.05) is 18.2 Å². The molecule has 2 fully saturated rings. The lowest BCUT2D eigenvalue weighted by atomic mass is 9.93. The Balaban J connectivity index is 0.000000191. The van der Waals surface area contributed by atoms with Crippen LogP contribution in [0.3, 0.4) is 0 Å². The summed E-state index contributed by atoms with van der Waals surface area (Å²) in [6.45, 7) is 2.07. The number of rotatable bonds is 9. The Bertz CT molecular complexity index is 1710. The van der Waals surface area contributed by atoms with Crippen LogP contribution in [-0.4, -0.2) is 54.4 Å². The van der Waals surface area contributed by atoms with Gasteiger partial charge in [0.15, 0.2) is 34.7 Å². The van der Waals surface area contributed by atoms with E-state index in [1.54, 1.807) is 6.20 Å². The molecule has 4 aromatic rings. The van der Waals surface area contributed by atoms with Crippen molar-refractivity contribution >= 4 is 46.7 Å². The number of hydrogen-bond acceptors (Lipinski definition) is 12. The zero-order valence-corrected chi connectivity index (χ0v) is 28.6. The summed E-state index contributed by atoms with van der Waals surface area (Å²) in [5, 5.41) is 26.7. The van der Waals surface area contributed by atoms with Gasteiger partial charge >= 0.3 is 0 Å². The highest BCUT2D eigenvalue weighted by molar-refractivity contribution is 6.32. The molecule has 2 aliphatic rings. The van der Waals surface area contributed by atoms with Crippen molar-refractivity contribution in [3.05, 3.63) is 70.2 Å². The van der Waals surface area contributed by atoms with Crippen LogP contribution in [0.4, 0.5) is 27.9 Å². The topological polar surface area (TPSA) is 187 Å². The van der Waals surface area contributed by atoms with Crippen LogP contribution in [0.15, 0.2) is 48.8 Å². The van der Waals surface area contributed by atoms with Crippen LogP contribution in [0.5, 0.6) is 23.0 Å².